The maximum Gasteiger partial charge on any atom is 0.225 e. The van der Waals surface area contributed by atoms with Crippen molar-refractivity contribution < 1.29 is 4.79 Å². The number of halogens is 1. The number of hydrogen-bond acceptors (Lipinski definition) is 2. The second-order valence-electron chi connectivity index (χ2n) is 4.23. The van der Waals surface area contributed by atoms with Gasteiger partial charge in [0, 0.05) is 12.5 Å². The fraction of sp³-hybridized carbons (Fsp3) is 0.462. The van der Waals surface area contributed by atoms with Gasteiger partial charge < -0.3 is 11.1 Å². The van der Waals surface area contributed by atoms with Gasteiger partial charge in [-0.25, -0.2) is 0 Å². The Morgan fingerprint density at radius 1 is 1.53 bits per heavy atom. The molecule has 17 heavy (non-hydrogen) atoms. The van der Waals surface area contributed by atoms with Crippen LogP contribution in [0.1, 0.15) is 31.7 Å². The molecule has 1 unspecified atom stereocenters. The molecule has 3 nitrogen and oxygen atoms in total. The first kappa shape index (κ1) is 14.0. The summed E-state index contributed by atoms with van der Waals surface area (Å²) >= 11 is 6.03. The number of amides is 1. The van der Waals surface area contributed by atoms with Gasteiger partial charge in [-0.05, 0) is 25.0 Å². The Hall–Kier alpha value is -1.06. The SMILES string of the molecule is CCCC(N)CC(=O)Nc1c(C)cccc1Cl. The Morgan fingerprint density at radius 2 is 2.24 bits per heavy atom. The third-order valence-corrected chi connectivity index (χ3v) is 2.91. The number of hydrogen-bond donors (Lipinski definition) is 2. The second-order valence-corrected chi connectivity index (χ2v) is 4.64. The van der Waals surface area contributed by atoms with Crippen molar-refractivity contribution in [3.8, 4) is 0 Å². The Bertz CT molecular complexity index is 373. The molecule has 1 aromatic carbocycles. The summed E-state index contributed by atoms with van der Waals surface area (Å²) < 4.78 is 0. The van der Waals surface area contributed by atoms with Crippen molar-refractivity contribution in [1.29, 1.82) is 0 Å². The molecule has 0 bridgehead atoms. The number of nitrogens with one attached hydrogen (secondary N) is 1. The molecular formula is C13H19ClN2O. The zero-order valence-electron chi connectivity index (χ0n) is 10.3. The summed E-state index contributed by atoms with van der Waals surface area (Å²) in [6.07, 6.45) is 2.17. The Morgan fingerprint density at radius 3 is 2.82 bits per heavy atom. The molecular weight excluding hydrogens is 236 g/mol. The van der Waals surface area contributed by atoms with Gasteiger partial charge in [-0.15, -0.1) is 0 Å². The molecule has 1 rings (SSSR count). The summed E-state index contributed by atoms with van der Waals surface area (Å²) in [6, 6.07) is 5.45. The Kier molecular flexibility index (Phi) is 5.45. The number of carbonyl (C=O) groups excluding carboxylic acids is 1. The molecule has 0 aliphatic heterocycles. The number of aryl methyl sites for hydroxylation is 1. The molecule has 94 valence electrons. The van der Waals surface area contributed by atoms with Crippen LogP contribution in [0, 0.1) is 6.92 Å². The second kappa shape index (κ2) is 6.62. The predicted octanol–water partition coefficient (Wildman–Crippen LogP) is 3.10. The molecule has 1 atom stereocenters. The van der Waals surface area contributed by atoms with Crippen LogP contribution in [0.5, 0.6) is 0 Å². The average molecular weight is 255 g/mol. The van der Waals surface area contributed by atoms with Crippen molar-refractivity contribution in [3.05, 3.63) is 28.8 Å². The number of nitrogens with two attached hydrogens (primary N) is 1. The van der Waals surface area contributed by atoms with Crippen LogP contribution >= 0.6 is 11.6 Å². The van der Waals surface area contributed by atoms with E-state index in [9.17, 15) is 4.79 Å². The molecule has 0 aromatic heterocycles. The lowest BCUT2D eigenvalue weighted by atomic mass is 10.1. The van der Waals surface area contributed by atoms with Crippen LogP contribution in [0.3, 0.4) is 0 Å². The molecule has 0 saturated heterocycles. The van der Waals surface area contributed by atoms with Crippen LogP contribution in [-0.4, -0.2) is 11.9 Å². The van der Waals surface area contributed by atoms with E-state index >= 15 is 0 Å². The van der Waals surface area contributed by atoms with Crippen molar-refractivity contribution in [2.24, 2.45) is 5.73 Å². The van der Waals surface area contributed by atoms with E-state index in [2.05, 4.69) is 12.2 Å². The molecule has 0 saturated carbocycles. The maximum atomic E-state index is 11.8. The summed E-state index contributed by atoms with van der Waals surface area (Å²) in [7, 11) is 0. The van der Waals surface area contributed by atoms with Crippen molar-refractivity contribution in [2.75, 3.05) is 5.32 Å². The zero-order valence-corrected chi connectivity index (χ0v) is 11.1. The number of rotatable bonds is 5. The smallest absolute Gasteiger partial charge is 0.225 e. The van der Waals surface area contributed by atoms with Crippen LogP contribution in [-0.2, 0) is 4.79 Å². The molecule has 0 heterocycles. The predicted molar refractivity (Wildman–Crippen MR) is 72.3 cm³/mol. The molecule has 1 amide bonds. The topological polar surface area (TPSA) is 55.1 Å². The summed E-state index contributed by atoms with van der Waals surface area (Å²) in [6.45, 7) is 3.96. The highest BCUT2D eigenvalue weighted by Gasteiger charge is 2.11. The lowest BCUT2D eigenvalue weighted by Gasteiger charge is -2.13. The monoisotopic (exact) mass is 254 g/mol. The molecule has 3 N–H and O–H groups in total. The van der Waals surface area contributed by atoms with E-state index in [0.717, 1.165) is 18.4 Å². The highest BCUT2D eigenvalue weighted by Crippen LogP contribution is 2.25. The first-order chi connectivity index (χ1) is 8.04. The third-order valence-electron chi connectivity index (χ3n) is 2.59. The van der Waals surface area contributed by atoms with Gasteiger partial charge in [0.25, 0.3) is 0 Å². The molecule has 0 fully saturated rings. The summed E-state index contributed by atoms with van der Waals surface area (Å²) in [4.78, 5) is 11.8. The van der Waals surface area contributed by atoms with Crippen LogP contribution < -0.4 is 11.1 Å². The highest BCUT2D eigenvalue weighted by molar-refractivity contribution is 6.33. The molecule has 0 aliphatic rings. The van der Waals surface area contributed by atoms with E-state index < -0.39 is 0 Å². The largest absolute Gasteiger partial charge is 0.327 e. The van der Waals surface area contributed by atoms with Gasteiger partial charge >= 0.3 is 0 Å². The quantitative estimate of drug-likeness (QED) is 0.848. The molecule has 0 aliphatic carbocycles. The van der Waals surface area contributed by atoms with Crippen LogP contribution in [0.2, 0.25) is 5.02 Å². The molecule has 4 heteroatoms. The van der Waals surface area contributed by atoms with E-state index in [-0.39, 0.29) is 11.9 Å². The van der Waals surface area contributed by atoms with Gasteiger partial charge in [-0.3, -0.25) is 4.79 Å². The fourth-order valence-electron chi connectivity index (χ4n) is 1.69. The zero-order chi connectivity index (χ0) is 12.8. The van der Waals surface area contributed by atoms with E-state index in [4.69, 9.17) is 17.3 Å². The van der Waals surface area contributed by atoms with Gasteiger partial charge in [0.05, 0.1) is 10.7 Å². The summed E-state index contributed by atoms with van der Waals surface area (Å²) in [5.41, 5.74) is 7.46. The number of anilines is 1. The summed E-state index contributed by atoms with van der Waals surface area (Å²) in [5, 5.41) is 3.37. The molecule has 0 spiro atoms. The van der Waals surface area contributed by atoms with E-state index in [0.29, 0.717) is 17.1 Å². The van der Waals surface area contributed by atoms with Gasteiger partial charge in [-0.1, -0.05) is 37.1 Å². The minimum atomic E-state index is -0.0813. The minimum Gasteiger partial charge on any atom is -0.327 e. The molecule has 1 aromatic rings. The number of para-hydroxylation sites is 1. The van der Waals surface area contributed by atoms with Gasteiger partial charge in [0.1, 0.15) is 0 Å². The lowest BCUT2D eigenvalue weighted by molar-refractivity contribution is -0.116. The van der Waals surface area contributed by atoms with E-state index in [1.807, 2.05) is 19.1 Å². The number of carbonyl (C=O) groups is 1. The summed E-state index contributed by atoms with van der Waals surface area (Å²) in [5.74, 6) is -0.0813. The van der Waals surface area contributed by atoms with Crippen LogP contribution in [0.25, 0.3) is 0 Å². The Labute approximate surface area is 107 Å². The van der Waals surface area contributed by atoms with Crippen LogP contribution in [0.15, 0.2) is 18.2 Å². The lowest BCUT2D eigenvalue weighted by Crippen LogP contribution is -2.27. The van der Waals surface area contributed by atoms with Crippen molar-refractivity contribution in [2.45, 2.75) is 39.2 Å². The number of benzene rings is 1. The first-order valence-electron chi connectivity index (χ1n) is 5.85. The Balaban J connectivity index is 2.62. The maximum absolute atomic E-state index is 11.8. The molecule has 0 radical (unpaired) electrons. The average Bonchev–Trinajstić information content (AvgIpc) is 2.24. The van der Waals surface area contributed by atoms with Gasteiger partial charge in [0.15, 0.2) is 0 Å². The van der Waals surface area contributed by atoms with Gasteiger partial charge in [0.2, 0.25) is 5.91 Å². The van der Waals surface area contributed by atoms with E-state index in [1.54, 1.807) is 6.07 Å². The first-order valence-corrected chi connectivity index (χ1v) is 6.23. The minimum absolute atomic E-state index is 0.0807. The van der Waals surface area contributed by atoms with Crippen molar-refractivity contribution >= 4 is 23.2 Å². The van der Waals surface area contributed by atoms with Crippen molar-refractivity contribution in [1.82, 2.24) is 0 Å². The third kappa shape index (κ3) is 4.36. The van der Waals surface area contributed by atoms with Gasteiger partial charge in [-0.2, -0.15) is 0 Å². The van der Waals surface area contributed by atoms with Crippen molar-refractivity contribution in [3.63, 3.8) is 0 Å². The van der Waals surface area contributed by atoms with E-state index in [1.165, 1.54) is 0 Å². The normalized spacial score (nSPS) is 12.2. The fourth-order valence-corrected chi connectivity index (χ4v) is 1.96. The van der Waals surface area contributed by atoms with Crippen LogP contribution in [0.4, 0.5) is 5.69 Å². The highest BCUT2D eigenvalue weighted by atomic mass is 35.5. The standard InChI is InChI=1S/C13H19ClN2O/c1-3-5-10(15)8-12(17)16-13-9(2)6-4-7-11(13)14/h4,6-7,10H,3,5,8,15H2,1-2H3,(H,16,17).